The zero-order valence-corrected chi connectivity index (χ0v) is 12.8. The van der Waals surface area contributed by atoms with Crippen LogP contribution in [0.2, 0.25) is 0 Å². The van der Waals surface area contributed by atoms with E-state index in [-0.39, 0.29) is 18.1 Å². The highest BCUT2D eigenvalue weighted by Crippen LogP contribution is 2.41. The number of hydrogen-bond donors (Lipinski definition) is 2. The summed E-state index contributed by atoms with van der Waals surface area (Å²) < 4.78 is 5.60. The number of hydrogen-bond acceptors (Lipinski definition) is 4. The van der Waals surface area contributed by atoms with E-state index in [4.69, 9.17) is 4.74 Å². The summed E-state index contributed by atoms with van der Waals surface area (Å²) in [7, 11) is 0. The molecule has 2 N–H and O–H groups in total. The molecule has 2 aliphatic rings. The number of rotatable bonds is 4. The maximum Gasteiger partial charge on any atom is 0.315 e. The smallest absolute Gasteiger partial charge is 0.315 e. The Balaban J connectivity index is 1.42. The van der Waals surface area contributed by atoms with Crippen molar-refractivity contribution in [2.45, 2.75) is 24.9 Å². The van der Waals surface area contributed by atoms with Gasteiger partial charge in [0.2, 0.25) is 0 Å². The Bertz CT molecular complexity index is 670. The van der Waals surface area contributed by atoms with Gasteiger partial charge in [0.05, 0.1) is 12.1 Å². The van der Waals surface area contributed by atoms with Crippen LogP contribution in [-0.2, 0) is 0 Å². The number of urea groups is 1. The molecule has 2 unspecified atom stereocenters. The Morgan fingerprint density at radius 1 is 1.36 bits per heavy atom. The summed E-state index contributed by atoms with van der Waals surface area (Å²) in [5.41, 5.74) is 1.04. The number of para-hydroxylation sites is 1. The van der Waals surface area contributed by atoms with Crippen molar-refractivity contribution in [2.24, 2.45) is 5.92 Å². The molecule has 2 aromatic rings. The minimum absolute atomic E-state index is 0.0255. The predicted molar refractivity (Wildman–Crippen MR) is 83.9 cm³/mol. The molecule has 2 heterocycles. The highest BCUT2D eigenvalue weighted by atomic mass is 32.1. The van der Waals surface area contributed by atoms with Gasteiger partial charge < -0.3 is 15.4 Å². The van der Waals surface area contributed by atoms with Crippen LogP contribution in [0.4, 0.5) is 4.79 Å². The quantitative estimate of drug-likeness (QED) is 0.911. The Morgan fingerprint density at radius 2 is 2.23 bits per heavy atom. The van der Waals surface area contributed by atoms with Crippen molar-refractivity contribution in [3.05, 3.63) is 46.4 Å². The van der Waals surface area contributed by atoms with E-state index in [1.54, 1.807) is 17.5 Å². The molecule has 114 valence electrons. The second kappa shape index (κ2) is 5.61. The van der Waals surface area contributed by atoms with Crippen molar-refractivity contribution in [2.75, 3.05) is 6.61 Å². The molecule has 1 aromatic heterocycles. The molecule has 1 aromatic carbocycles. The van der Waals surface area contributed by atoms with Crippen molar-refractivity contribution in [1.82, 2.24) is 15.6 Å². The topological polar surface area (TPSA) is 63.2 Å². The van der Waals surface area contributed by atoms with Gasteiger partial charge in [-0.25, -0.2) is 9.78 Å². The zero-order valence-electron chi connectivity index (χ0n) is 12.0. The van der Waals surface area contributed by atoms with Gasteiger partial charge in [-0.3, -0.25) is 0 Å². The van der Waals surface area contributed by atoms with E-state index >= 15 is 0 Å². The Labute approximate surface area is 132 Å². The van der Waals surface area contributed by atoms with Crippen LogP contribution >= 0.6 is 11.3 Å². The van der Waals surface area contributed by atoms with Crippen molar-refractivity contribution in [3.63, 3.8) is 0 Å². The average molecular weight is 315 g/mol. The first-order chi connectivity index (χ1) is 10.8. The van der Waals surface area contributed by atoms with Crippen LogP contribution in [-0.4, -0.2) is 17.6 Å². The van der Waals surface area contributed by atoms with Gasteiger partial charge in [0.15, 0.2) is 0 Å². The number of carbonyl (C=O) groups is 1. The number of aromatic nitrogens is 1. The maximum absolute atomic E-state index is 12.3. The summed E-state index contributed by atoms with van der Waals surface area (Å²) in [5, 5.41) is 9.03. The van der Waals surface area contributed by atoms with Gasteiger partial charge in [0.25, 0.3) is 0 Å². The molecule has 0 radical (unpaired) electrons. The van der Waals surface area contributed by atoms with E-state index in [0.717, 1.165) is 29.2 Å². The summed E-state index contributed by atoms with van der Waals surface area (Å²) in [6.45, 7) is 0.484. The number of ether oxygens (including phenoxy) is 1. The Kier molecular flexibility index (Phi) is 3.46. The van der Waals surface area contributed by atoms with E-state index in [1.165, 1.54) is 0 Å². The van der Waals surface area contributed by atoms with Crippen LogP contribution in [0.1, 0.15) is 35.5 Å². The van der Waals surface area contributed by atoms with Gasteiger partial charge in [-0.05, 0) is 24.8 Å². The third-order valence-electron chi connectivity index (χ3n) is 4.10. The minimum Gasteiger partial charge on any atom is -0.491 e. The van der Waals surface area contributed by atoms with Crippen LogP contribution < -0.4 is 15.4 Å². The van der Waals surface area contributed by atoms with Crippen molar-refractivity contribution >= 4 is 17.4 Å². The number of nitrogens with one attached hydrogen (secondary N) is 2. The molecular weight excluding hydrogens is 298 g/mol. The first-order valence-electron chi connectivity index (χ1n) is 7.49. The number of fused-ring (bicyclic) bond motifs is 1. The standard InChI is InChI=1S/C16H17N3O2S/c20-16(18-12-9-21-13-4-2-1-3-11(12)13)19-14(10-5-6-10)15-17-7-8-22-15/h1-4,7-8,10,12,14H,5-6,9H2,(H2,18,19,20). The molecule has 0 spiro atoms. The van der Waals surface area contributed by atoms with Gasteiger partial charge in [-0.15, -0.1) is 11.3 Å². The second-order valence-electron chi connectivity index (χ2n) is 5.70. The van der Waals surface area contributed by atoms with Crippen molar-refractivity contribution in [1.29, 1.82) is 0 Å². The van der Waals surface area contributed by atoms with Crippen LogP contribution in [0.3, 0.4) is 0 Å². The zero-order chi connectivity index (χ0) is 14.9. The molecule has 1 saturated carbocycles. The monoisotopic (exact) mass is 315 g/mol. The van der Waals surface area contributed by atoms with Crippen LogP contribution in [0.15, 0.2) is 35.8 Å². The highest BCUT2D eigenvalue weighted by Gasteiger charge is 2.35. The summed E-state index contributed by atoms with van der Waals surface area (Å²) in [6.07, 6.45) is 4.09. The number of thiazole rings is 1. The molecule has 22 heavy (non-hydrogen) atoms. The lowest BCUT2D eigenvalue weighted by Gasteiger charge is -2.18. The molecule has 2 amide bonds. The normalized spacial score (nSPS) is 20.8. The Hall–Kier alpha value is -2.08. The molecule has 5 nitrogen and oxygen atoms in total. The van der Waals surface area contributed by atoms with Crippen molar-refractivity contribution < 1.29 is 9.53 Å². The highest BCUT2D eigenvalue weighted by molar-refractivity contribution is 7.09. The molecule has 6 heteroatoms. The molecule has 1 aliphatic carbocycles. The van der Waals surface area contributed by atoms with Crippen LogP contribution in [0, 0.1) is 5.92 Å². The molecule has 1 fully saturated rings. The van der Waals surface area contributed by atoms with E-state index in [0.29, 0.717) is 12.5 Å². The third-order valence-corrected chi connectivity index (χ3v) is 4.96. The lowest BCUT2D eigenvalue weighted by Crippen LogP contribution is -2.41. The lowest BCUT2D eigenvalue weighted by molar-refractivity contribution is 0.227. The van der Waals surface area contributed by atoms with Gasteiger partial charge >= 0.3 is 6.03 Å². The van der Waals surface area contributed by atoms with Crippen molar-refractivity contribution in [3.8, 4) is 5.75 Å². The summed E-state index contributed by atoms with van der Waals surface area (Å²) >= 11 is 1.59. The molecule has 0 saturated heterocycles. The van der Waals surface area contributed by atoms with Gasteiger partial charge in [0.1, 0.15) is 17.4 Å². The third kappa shape index (κ3) is 2.66. The average Bonchev–Trinajstić information content (AvgIpc) is 3.07. The summed E-state index contributed by atoms with van der Waals surface area (Å²) in [4.78, 5) is 16.7. The molecule has 1 aliphatic heterocycles. The SMILES string of the molecule is O=C(NC1COc2ccccc21)NC(c1nccs1)C1CC1. The number of nitrogens with zero attached hydrogens (tertiary/aromatic N) is 1. The van der Waals surface area contributed by atoms with E-state index < -0.39 is 0 Å². The molecule has 4 rings (SSSR count). The number of benzene rings is 1. The molecule has 2 atom stereocenters. The molecular formula is C16H17N3O2S. The number of carbonyl (C=O) groups excluding carboxylic acids is 1. The van der Waals surface area contributed by atoms with Gasteiger partial charge in [-0.1, -0.05) is 18.2 Å². The molecule has 0 bridgehead atoms. The summed E-state index contributed by atoms with van der Waals surface area (Å²) in [5.74, 6) is 1.37. The number of amides is 2. The fourth-order valence-corrected chi connectivity index (χ4v) is 3.60. The predicted octanol–water partition coefficient (Wildman–Crippen LogP) is 3.03. The van der Waals surface area contributed by atoms with E-state index in [9.17, 15) is 4.79 Å². The largest absolute Gasteiger partial charge is 0.491 e. The first kappa shape index (κ1) is 13.6. The maximum atomic E-state index is 12.3. The summed E-state index contributed by atoms with van der Waals surface area (Å²) in [6, 6.07) is 7.60. The fourth-order valence-electron chi connectivity index (χ4n) is 2.82. The van der Waals surface area contributed by atoms with Gasteiger partial charge in [0, 0.05) is 17.1 Å². The first-order valence-corrected chi connectivity index (χ1v) is 8.37. The second-order valence-corrected chi connectivity index (χ2v) is 6.63. The fraction of sp³-hybridized carbons (Fsp3) is 0.375. The lowest BCUT2D eigenvalue weighted by atomic mass is 10.1. The van der Waals surface area contributed by atoms with Crippen LogP contribution in [0.5, 0.6) is 5.75 Å². The van der Waals surface area contributed by atoms with Crippen LogP contribution in [0.25, 0.3) is 0 Å². The van der Waals surface area contributed by atoms with E-state index in [2.05, 4.69) is 15.6 Å². The Morgan fingerprint density at radius 3 is 3.00 bits per heavy atom. The van der Waals surface area contributed by atoms with Gasteiger partial charge in [-0.2, -0.15) is 0 Å². The minimum atomic E-state index is -0.155. The van der Waals surface area contributed by atoms with E-state index in [1.807, 2.05) is 29.6 Å².